The van der Waals surface area contributed by atoms with E-state index in [9.17, 15) is 5.11 Å². The lowest BCUT2D eigenvalue weighted by Crippen LogP contribution is -2.23. The Morgan fingerprint density at radius 3 is 3.12 bits per heavy atom. The van der Waals surface area contributed by atoms with E-state index in [0.29, 0.717) is 12.3 Å². The van der Waals surface area contributed by atoms with E-state index in [1.165, 1.54) is 0 Å². The number of nitrogens with zero attached hydrogens (tertiary/aromatic N) is 3. The molecule has 0 radical (unpaired) electrons. The van der Waals surface area contributed by atoms with Crippen LogP contribution in [-0.4, -0.2) is 33.0 Å². The zero-order chi connectivity index (χ0) is 12.1. The molecule has 1 atom stereocenters. The summed E-state index contributed by atoms with van der Waals surface area (Å²) in [6.07, 6.45) is 3.36. The standard InChI is InChI=1S/C11H16N4O2/c1-15-8-13-11(14-15)4-5-12-7-9(16)10-3-2-6-17-10/h2-3,6,8-9,12,16H,4-5,7H2,1H3. The van der Waals surface area contributed by atoms with Crippen LogP contribution in [0.5, 0.6) is 0 Å². The van der Waals surface area contributed by atoms with E-state index in [-0.39, 0.29) is 0 Å². The average molecular weight is 236 g/mol. The van der Waals surface area contributed by atoms with Crippen molar-refractivity contribution in [2.45, 2.75) is 12.5 Å². The van der Waals surface area contributed by atoms with Gasteiger partial charge in [0.2, 0.25) is 0 Å². The molecule has 6 heteroatoms. The third-order valence-electron chi connectivity index (χ3n) is 2.38. The summed E-state index contributed by atoms with van der Waals surface area (Å²) >= 11 is 0. The molecule has 0 amide bonds. The van der Waals surface area contributed by atoms with E-state index in [0.717, 1.165) is 18.8 Å². The second kappa shape index (κ2) is 5.60. The number of aliphatic hydroxyl groups is 1. The van der Waals surface area contributed by atoms with Crippen LogP contribution in [0.4, 0.5) is 0 Å². The molecule has 17 heavy (non-hydrogen) atoms. The number of hydrogen-bond donors (Lipinski definition) is 2. The van der Waals surface area contributed by atoms with E-state index >= 15 is 0 Å². The van der Waals surface area contributed by atoms with Crippen molar-refractivity contribution in [2.24, 2.45) is 7.05 Å². The topological polar surface area (TPSA) is 76.1 Å². The van der Waals surface area contributed by atoms with Crippen molar-refractivity contribution in [1.82, 2.24) is 20.1 Å². The fraction of sp³-hybridized carbons (Fsp3) is 0.455. The fourth-order valence-corrected chi connectivity index (χ4v) is 1.52. The molecule has 0 saturated heterocycles. The van der Waals surface area contributed by atoms with Gasteiger partial charge in [0.15, 0.2) is 5.82 Å². The highest BCUT2D eigenvalue weighted by Crippen LogP contribution is 2.11. The monoisotopic (exact) mass is 236 g/mol. The summed E-state index contributed by atoms with van der Waals surface area (Å²) < 4.78 is 6.77. The summed E-state index contributed by atoms with van der Waals surface area (Å²) in [5.74, 6) is 1.38. The highest BCUT2D eigenvalue weighted by atomic mass is 16.4. The Labute approximate surface area is 99.3 Å². The minimum atomic E-state index is -0.610. The number of aliphatic hydroxyl groups excluding tert-OH is 1. The highest BCUT2D eigenvalue weighted by Gasteiger charge is 2.09. The number of aromatic nitrogens is 3. The second-order valence-corrected chi connectivity index (χ2v) is 3.82. The van der Waals surface area contributed by atoms with E-state index < -0.39 is 6.10 Å². The Morgan fingerprint density at radius 2 is 2.47 bits per heavy atom. The van der Waals surface area contributed by atoms with Gasteiger partial charge in [-0.1, -0.05) is 0 Å². The first-order valence-electron chi connectivity index (χ1n) is 5.52. The SMILES string of the molecule is Cn1cnc(CCNCC(O)c2ccco2)n1. The molecule has 0 saturated carbocycles. The number of rotatable bonds is 6. The number of aryl methyl sites for hydroxylation is 1. The quantitative estimate of drug-likeness (QED) is 0.704. The van der Waals surface area contributed by atoms with Crippen LogP contribution in [0.1, 0.15) is 17.7 Å². The Hall–Kier alpha value is -1.66. The summed E-state index contributed by atoms with van der Waals surface area (Å²) in [4.78, 5) is 4.11. The molecule has 2 aromatic heterocycles. The predicted octanol–water partition coefficient (Wildman–Crippen LogP) is 0.274. The van der Waals surface area contributed by atoms with Gasteiger partial charge in [-0.2, -0.15) is 5.10 Å². The summed E-state index contributed by atoms with van der Waals surface area (Å²) in [5, 5.41) is 17.0. The molecule has 92 valence electrons. The number of nitrogens with one attached hydrogen (secondary N) is 1. The van der Waals surface area contributed by atoms with E-state index in [2.05, 4.69) is 15.4 Å². The van der Waals surface area contributed by atoms with Crippen LogP contribution >= 0.6 is 0 Å². The van der Waals surface area contributed by atoms with Crippen molar-refractivity contribution in [3.05, 3.63) is 36.3 Å². The van der Waals surface area contributed by atoms with Crippen LogP contribution in [0.2, 0.25) is 0 Å². The van der Waals surface area contributed by atoms with Gasteiger partial charge in [-0.25, -0.2) is 4.98 Å². The Balaban J connectivity index is 1.66. The summed E-state index contributed by atoms with van der Waals surface area (Å²) in [6, 6.07) is 3.52. The molecule has 6 nitrogen and oxygen atoms in total. The smallest absolute Gasteiger partial charge is 0.151 e. The maximum Gasteiger partial charge on any atom is 0.151 e. The van der Waals surface area contributed by atoms with E-state index in [4.69, 9.17) is 4.42 Å². The molecule has 2 heterocycles. The molecule has 0 spiro atoms. The van der Waals surface area contributed by atoms with Gasteiger partial charge in [0.1, 0.15) is 18.2 Å². The minimum absolute atomic E-state index is 0.459. The predicted molar refractivity (Wildman–Crippen MR) is 61.2 cm³/mol. The van der Waals surface area contributed by atoms with Gasteiger partial charge in [0.05, 0.1) is 6.26 Å². The van der Waals surface area contributed by atoms with Crippen molar-refractivity contribution < 1.29 is 9.52 Å². The number of furan rings is 1. The maximum atomic E-state index is 9.72. The van der Waals surface area contributed by atoms with E-state index in [1.54, 1.807) is 29.4 Å². The lowest BCUT2D eigenvalue weighted by atomic mass is 10.2. The van der Waals surface area contributed by atoms with Gasteiger partial charge in [0, 0.05) is 26.6 Å². The van der Waals surface area contributed by atoms with Gasteiger partial charge in [-0.05, 0) is 12.1 Å². The first-order chi connectivity index (χ1) is 8.25. The fourth-order valence-electron chi connectivity index (χ4n) is 1.52. The van der Waals surface area contributed by atoms with Gasteiger partial charge in [-0.3, -0.25) is 4.68 Å². The molecule has 2 rings (SSSR count). The van der Waals surface area contributed by atoms with Gasteiger partial charge in [-0.15, -0.1) is 0 Å². The average Bonchev–Trinajstić information content (AvgIpc) is 2.95. The summed E-state index contributed by atoms with van der Waals surface area (Å²) in [5.41, 5.74) is 0. The van der Waals surface area contributed by atoms with Crippen LogP contribution in [0.3, 0.4) is 0 Å². The normalized spacial score (nSPS) is 12.8. The lowest BCUT2D eigenvalue weighted by molar-refractivity contribution is 0.148. The van der Waals surface area contributed by atoms with Crippen LogP contribution in [0, 0.1) is 0 Å². The van der Waals surface area contributed by atoms with Crippen LogP contribution in [0.25, 0.3) is 0 Å². The second-order valence-electron chi connectivity index (χ2n) is 3.82. The van der Waals surface area contributed by atoms with Crippen molar-refractivity contribution in [1.29, 1.82) is 0 Å². The summed E-state index contributed by atoms with van der Waals surface area (Å²) in [6.45, 7) is 1.18. The van der Waals surface area contributed by atoms with Crippen molar-refractivity contribution in [2.75, 3.05) is 13.1 Å². The van der Waals surface area contributed by atoms with Crippen LogP contribution < -0.4 is 5.32 Å². The molecule has 2 aromatic rings. The van der Waals surface area contributed by atoms with Crippen molar-refractivity contribution in [3.8, 4) is 0 Å². The largest absolute Gasteiger partial charge is 0.467 e. The van der Waals surface area contributed by atoms with Crippen LogP contribution in [-0.2, 0) is 13.5 Å². The lowest BCUT2D eigenvalue weighted by Gasteiger charge is -2.08. The third kappa shape index (κ3) is 3.40. The molecular formula is C11H16N4O2. The third-order valence-corrected chi connectivity index (χ3v) is 2.38. The van der Waals surface area contributed by atoms with Crippen molar-refractivity contribution >= 4 is 0 Å². The molecule has 0 aromatic carbocycles. The molecular weight excluding hydrogens is 220 g/mol. The molecule has 0 aliphatic heterocycles. The summed E-state index contributed by atoms with van der Waals surface area (Å²) in [7, 11) is 1.84. The van der Waals surface area contributed by atoms with Crippen LogP contribution in [0.15, 0.2) is 29.1 Å². The molecule has 1 unspecified atom stereocenters. The van der Waals surface area contributed by atoms with Gasteiger partial charge in [0.25, 0.3) is 0 Å². The minimum Gasteiger partial charge on any atom is -0.467 e. The van der Waals surface area contributed by atoms with Gasteiger partial charge < -0.3 is 14.8 Å². The zero-order valence-corrected chi connectivity index (χ0v) is 9.71. The molecule has 0 fully saturated rings. The Morgan fingerprint density at radius 1 is 1.59 bits per heavy atom. The molecule has 2 N–H and O–H groups in total. The van der Waals surface area contributed by atoms with E-state index in [1.807, 2.05) is 7.05 Å². The molecule has 0 aliphatic carbocycles. The maximum absolute atomic E-state index is 9.72. The first kappa shape index (κ1) is 11.8. The molecule has 0 bridgehead atoms. The first-order valence-corrected chi connectivity index (χ1v) is 5.52. The zero-order valence-electron chi connectivity index (χ0n) is 9.71. The van der Waals surface area contributed by atoms with Crippen molar-refractivity contribution in [3.63, 3.8) is 0 Å². The van der Waals surface area contributed by atoms with Gasteiger partial charge >= 0.3 is 0 Å². The Kier molecular flexibility index (Phi) is 3.89. The highest BCUT2D eigenvalue weighted by molar-refractivity contribution is 5.02. The number of hydrogen-bond acceptors (Lipinski definition) is 5. The Bertz CT molecular complexity index is 438. The molecule has 0 aliphatic rings.